The van der Waals surface area contributed by atoms with Crippen molar-refractivity contribution < 1.29 is 0 Å². The Kier molecular flexibility index (Phi) is 6.28. The molecule has 4 aromatic rings. The molecule has 2 unspecified atom stereocenters. The first kappa shape index (κ1) is 19.7. The van der Waals surface area contributed by atoms with Crippen LogP contribution in [0.15, 0.2) is 86.0 Å². The summed E-state index contributed by atoms with van der Waals surface area (Å²) < 4.78 is 4.41. The Hall–Kier alpha value is -2.62. The summed E-state index contributed by atoms with van der Waals surface area (Å²) in [6.07, 6.45) is 11.7. The van der Waals surface area contributed by atoms with E-state index in [4.69, 9.17) is 0 Å². The Balaban J connectivity index is 1.64. The fourth-order valence-corrected chi connectivity index (χ4v) is 6.62. The molecule has 2 aromatic heterocycles. The van der Waals surface area contributed by atoms with E-state index in [1.165, 1.54) is 22.3 Å². The van der Waals surface area contributed by atoms with E-state index in [1.807, 2.05) is 25.0 Å². The van der Waals surface area contributed by atoms with Gasteiger partial charge in [0.1, 0.15) is 0 Å². The third-order valence-corrected chi connectivity index (χ3v) is 8.24. The molecule has 0 aliphatic rings. The topological polar surface area (TPSA) is 35.6 Å². The molecule has 2 atom stereocenters. The first-order chi connectivity index (χ1) is 14.2. The van der Waals surface area contributed by atoms with Crippen LogP contribution in [0.1, 0.15) is 31.9 Å². The molecule has 4 rings (SSSR count). The molecule has 0 spiro atoms. The summed E-state index contributed by atoms with van der Waals surface area (Å²) in [7, 11) is 0. The van der Waals surface area contributed by atoms with Crippen molar-refractivity contribution in [3.63, 3.8) is 0 Å². The third-order valence-electron chi connectivity index (χ3n) is 5.10. The average molecular weight is 449 g/mol. The van der Waals surface area contributed by atoms with Crippen LogP contribution in [0.5, 0.6) is 0 Å². The molecule has 2 heterocycles. The first-order valence-electron chi connectivity index (χ1n) is 9.87. The first-order valence-corrected chi connectivity index (χ1v) is 11.9. The zero-order valence-electron chi connectivity index (χ0n) is 16.8. The predicted molar refractivity (Wildman–Crippen MR) is 118 cm³/mol. The van der Waals surface area contributed by atoms with E-state index in [0.717, 1.165) is 13.1 Å². The number of nitrogens with zero attached hydrogens (tertiary/aromatic N) is 4. The number of rotatable bonds is 8. The third kappa shape index (κ3) is 5.26. The van der Waals surface area contributed by atoms with E-state index in [1.54, 1.807) is 0 Å². The normalized spacial score (nSPS) is 13.3. The number of hydrogen-bond donors (Lipinski definition) is 0. The number of benzene rings is 2. The molecule has 5 heteroatoms. The molecule has 0 bridgehead atoms. The van der Waals surface area contributed by atoms with E-state index < -0.39 is 0 Å². The second-order valence-electron chi connectivity index (χ2n) is 7.45. The van der Waals surface area contributed by atoms with Crippen LogP contribution >= 0.6 is 0 Å². The molecule has 148 valence electrons. The van der Waals surface area contributed by atoms with Crippen LogP contribution in [0.3, 0.4) is 0 Å². The van der Waals surface area contributed by atoms with Gasteiger partial charge >= 0.3 is 179 Å². The molecule has 2 aromatic carbocycles. The van der Waals surface area contributed by atoms with Gasteiger partial charge in [0.25, 0.3) is 0 Å². The number of imidazole rings is 2. The summed E-state index contributed by atoms with van der Waals surface area (Å²) in [6, 6.07) is 18.1. The van der Waals surface area contributed by atoms with E-state index in [0.29, 0.717) is 24.6 Å². The number of aryl methyl sites for hydroxylation is 2. The van der Waals surface area contributed by atoms with Gasteiger partial charge in [-0.25, -0.2) is 0 Å². The Morgan fingerprint density at radius 3 is 1.45 bits per heavy atom. The van der Waals surface area contributed by atoms with Gasteiger partial charge in [-0.05, 0) is 0 Å². The summed E-state index contributed by atoms with van der Waals surface area (Å²) in [5.41, 5.74) is 5.42. The number of hydrogen-bond acceptors (Lipinski definition) is 2. The van der Waals surface area contributed by atoms with Gasteiger partial charge in [-0.3, -0.25) is 0 Å². The van der Waals surface area contributed by atoms with Crippen molar-refractivity contribution in [2.45, 2.75) is 36.6 Å². The van der Waals surface area contributed by atoms with Crippen LogP contribution in [0.25, 0.3) is 0 Å². The van der Waals surface area contributed by atoms with Crippen molar-refractivity contribution in [3.05, 3.63) is 108 Å². The molecule has 0 saturated heterocycles. The van der Waals surface area contributed by atoms with Gasteiger partial charge in [-0.15, -0.1) is 0 Å². The molecule has 0 radical (unpaired) electrons. The molecule has 0 N–H and O–H groups in total. The Morgan fingerprint density at radius 2 is 1.10 bits per heavy atom. The molecule has 29 heavy (non-hydrogen) atoms. The molecular weight excluding hydrogens is 423 g/mol. The summed E-state index contributed by atoms with van der Waals surface area (Å²) in [5, 5.41) is 0. The Labute approximate surface area is 178 Å². The van der Waals surface area contributed by atoms with Gasteiger partial charge in [0.15, 0.2) is 0 Å². The molecule has 0 aliphatic carbocycles. The second kappa shape index (κ2) is 9.25. The van der Waals surface area contributed by atoms with E-state index >= 15 is 0 Å². The van der Waals surface area contributed by atoms with Crippen LogP contribution in [0.4, 0.5) is 0 Å². The van der Waals surface area contributed by atoms with Crippen molar-refractivity contribution in [2.75, 3.05) is 0 Å². The Morgan fingerprint density at radius 1 is 0.690 bits per heavy atom. The minimum atomic E-state index is 0.346. The van der Waals surface area contributed by atoms with E-state index in [-0.39, 0.29) is 0 Å². The van der Waals surface area contributed by atoms with E-state index in [9.17, 15) is 0 Å². The van der Waals surface area contributed by atoms with Crippen molar-refractivity contribution in [2.24, 2.45) is 0 Å². The monoisotopic (exact) mass is 450 g/mol. The molecule has 4 nitrogen and oxygen atoms in total. The van der Waals surface area contributed by atoms with Crippen molar-refractivity contribution in [1.29, 1.82) is 0 Å². The summed E-state index contributed by atoms with van der Waals surface area (Å²) in [4.78, 5) is 9.43. The maximum absolute atomic E-state index is 4.25. The van der Waals surface area contributed by atoms with Crippen LogP contribution in [-0.4, -0.2) is 34.1 Å². The summed E-state index contributed by atoms with van der Waals surface area (Å²) in [5.74, 6) is 0. The molecular formula is C24H26N4Se. The van der Waals surface area contributed by atoms with Crippen LogP contribution in [-0.2, 0) is 13.1 Å². The van der Waals surface area contributed by atoms with Gasteiger partial charge in [0.2, 0.25) is 0 Å². The molecule has 0 fully saturated rings. The maximum atomic E-state index is 4.25. The Bertz CT molecular complexity index is 906. The summed E-state index contributed by atoms with van der Waals surface area (Å²) in [6.45, 7) is 6.20. The zero-order valence-corrected chi connectivity index (χ0v) is 18.6. The van der Waals surface area contributed by atoms with Crippen LogP contribution in [0, 0.1) is 13.8 Å². The quantitative estimate of drug-likeness (QED) is 0.369. The SMILES string of the molecule is Cc1ccc(C(Cn2ccnc2)[Se]C(Cn2ccnc2)c2ccc(C)cc2)cc1. The number of aromatic nitrogens is 4. The van der Waals surface area contributed by atoms with Gasteiger partial charge < -0.3 is 0 Å². The van der Waals surface area contributed by atoms with Gasteiger partial charge in [0.05, 0.1) is 0 Å². The van der Waals surface area contributed by atoms with Gasteiger partial charge in [-0.2, -0.15) is 0 Å². The summed E-state index contributed by atoms with van der Waals surface area (Å²) >= 11 is 0.346. The molecule has 0 saturated carbocycles. The van der Waals surface area contributed by atoms with Crippen LogP contribution < -0.4 is 0 Å². The van der Waals surface area contributed by atoms with Gasteiger partial charge in [0, 0.05) is 0 Å². The van der Waals surface area contributed by atoms with Crippen molar-refractivity contribution in [1.82, 2.24) is 19.1 Å². The average Bonchev–Trinajstić information content (AvgIpc) is 3.42. The second-order valence-corrected chi connectivity index (χ2v) is 10.4. The fraction of sp³-hybridized carbons (Fsp3) is 0.250. The van der Waals surface area contributed by atoms with Crippen LogP contribution in [0.2, 0.25) is 0 Å². The molecule has 0 amide bonds. The predicted octanol–water partition coefficient (Wildman–Crippen LogP) is 4.58. The molecule has 0 aliphatic heterocycles. The van der Waals surface area contributed by atoms with E-state index in [2.05, 4.69) is 93.9 Å². The van der Waals surface area contributed by atoms with Crippen molar-refractivity contribution >= 4 is 15.0 Å². The van der Waals surface area contributed by atoms with Gasteiger partial charge in [-0.1, -0.05) is 0 Å². The zero-order chi connectivity index (χ0) is 20.1. The standard InChI is InChI=1S/C24H26N4Se/c1-19-3-7-21(8-4-19)23(15-27-13-11-25-17-27)29-24(16-28-14-12-26-18-28)22-9-5-20(2)6-10-22/h3-14,17-18,23-24H,15-16H2,1-2H3. The minimum absolute atomic E-state index is 0.346. The van der Waals surface area contributed by atoms with Crippen molar-refractivity contribution in [3.8, 4) is 0 Å². The fourth-order valence-electron chi connectivity index (χ4n) is 3.39.